The first-order chi connectivity index (χ1) is 12.1. The number of amides is 2. The van der Waals surface area contributed by atoms with Crippen molar-refractivity contribution >= 4 is 11.8 Å². The van der Waals surface area contributed by atoms with E-state index in [1.165, 1.54) is 16.8 Å². The van der Waals surface area contributed by atoms with E-state index in [1.54, 1.807) is 0 Å². The predicted octanol–water partition coefficient (Wildman–Crippen LogP) is 0.548. The summed E-state index contributed by atoms with van der Waals surface area (Å²) in [5, 5.41) is 9.59. The van der Waals surface area contributed by atoms with Gasteiger partial charge in [-0.05, 0) is 24.5 Å². The van der Waals surface area contributed by atoms with Crippen LogP contribution in [0.2, 0.25) is 0 Å². The number of nitrogens with zero attached hydrogens (tertiary/aromatic N) is 2. The van der Waals surface area contributed by atoms with Gasteiger partial charge in [0.25, 0.3) is 11.5 Å². The van der Waals surface area contributed by atoms with Crippen molar-refractivity contribution < 1.29 is 9.59 Å². The highest BCUT2D eigenvalue weighted by Crippen LogP contribution is 2.28. The summed E-state index contributed by atoms with van der Waals surface area (Å²) in [4.78, 5) is 35.6. The van der Waals surface area contributed by atoms with Crippen molar-refractivity contribution in [1.82, 2.24) is 20.4 Å². The normalized spacial score (nSPS) is 13.3. The van der Waals surface area contributed by atoms with E-state index in [-0.39, 0.29) is 29.0 Å². The lowest BCUT2D eigenvalue weighted by atomic mass is 10.2. The Kier molecular flexibility index (Phi) is 5.23. The van der Waals surface area contributed by atoms with Crippen LogP contribution in [-0.4, -0.2) is 34.7 Å². The van der Waals surface area contributed by atoms with Gasteiger partial charge in [-0.2, -0.15) is 5.10 Å². The van der Waals surface area contributed by atoms with Gasteiger partial charge >= 0.3 is 0 Å². The number of carbonyl (C=O) groups is 2. The third kappa shape index (κ3) is 4.76. The maximum Gasteiger partial charge on any atom is 0.271 e. The third-order valence-electron chi connectivity index (χ3n) is 3.93. The van der Waals surface area contributed by atoms with Gasteiger partial charge in [0, 0.05) is 25.1 Å². The molecule has 0 bridgehead atoms. The van der Waals surface area contributed by atoms with Crippen LogP contribution in [0, 0.1) is 5.92 Å². The van der Waals surface area contributed by atoms with E-state index < -0.39 is 0 Å². The van der Waals surface area contributed by atoms with Gasteiger partial charge in [0.1, 0.15) is 5.69 Å². The highest BCUT2D eigenvalue weighted by molar-refractivity contribution is 5.92. The first-order valence-corrected chi connectivity index (χ1v) is 8.31. The van der Waals surface area contributed by atoms with Crippen molar-refractivity contribution in [2.45, 2.75) is 19.4 Å². The minimum Gasteiger partial charge on any atom is -0.354 e. The van der Waals surface area contributed by atoms with E-state index in [4.69, 9.17) is 0 Å². The van der Waals surface area contributed by atoms with Crippen molar-refractivity contribution in [2.24, 2.45) is 5.92 Å². The fourth-order valence-electron chi connectivity index (χ4n) is 2.38. The van der Waals surface area contributed by atoms with Gasteiger partial charge in [0.15, 0.2) is 0 Å². The van der Waals surface area contributed by atoms with E-state index >= 15 is 0 Å². The van der Waals surface area contributed by atoms with Crippen molar-refractivity contribution in [3.63, 3.8) is 0 Å². The van der Waals surface area contributed by atoms with Crippen molar-refractivity contribution in [3.8, 4) is 0 Å². The van der Waals surface area contributed by atoms with Crippen LogP contribution in [0.25, 0.3) is 0 Å². The lowest BCUT2D eigenvalue weighted by Gasteiger charge is -2.08. The molecule has 1 saturated carbocycles. The molecule has 7 nitrogen and oxygen atoms in total. The molecule has 3 rings (SSSR count). The fraction of sp³-hybridized carbons (Fsp3) is 0.333. The molecule has 0 spiro atoms. The van der Waals surface area contributed by atoms with E-state index in [0.717, 1.165) is 18.4 Å². The Balaban J connectivity index is 1.56. The molecule has 1 aliphatic carbocycles. The molecule has 1 aliphatic rings. The average Bonchev–Trinajstić information content (AvgIpc) is 3.46. The summed E-state index contributed by atoms with van der Waals surface area (Å²) in [5.41, 5.74) is 0.832. The van der Waals surface area contributed by atoms with Crippen LogP contribution in [0.15, 0.2) is 47.3 Å². The number of nitrogens with one attached hydrogen (secondary N) is 2. The van der Waals surface area contributed by atoms with E-state index in [0.29, 0.717) is 19.6 Å². The van der Waals surface area contributed by atoms with Gasteiger partial charge in [-0.25, -0.2) is 4.68 Å². The lowest BCUT2D eigenvalue weighted by Crippen LogP contribution is -2.36. The number of rotatable bonds is 7. The van der Waals surface area contributed by atoms with Crippen LogP contribution < -0.4 is 16.2 Å². The predicted molar refractivity (Wildman–Crippen MR) is 92.1 cm³/mol. The van der Waals surface area contributed by atoms with Crippen LogP contribution in [0.4, 0.5) is 0 Å². The van der Waals surface area contributed by atoms with E-state index in [9.17, 15) is 14.4 Å². The van der Waals surface area contributed by atoms with Crippen LogP contribution in [0.5, 0.6) is 0 Å². The van der Waals surface area contributed by atoms with Gasteiger partial charge in [0.2, 0.25) is 5.91 Å². The Bertz CT molecular complexity index is 813. The summed E-state index contributed by atoms with van der Waals surface area (Å²) >= 11 is 0. The van der Waals surface area contributed by atoms with Gasteiger partial charge in [0.05, 0.1) is 6.54 Å². The second-order valence-electron chi connectivity index (χ2n) is 6.02. The number of hydrogen-bond donors (Lipinski definition) is 2. The number of benzene rings is 1. The molecule has 130 valence electrons. The molecular weight excluding hydrogens is 320 g/mol. The molecule has 7 heteroatoms. The topological polar surface area (TPSA) is 93.1 Å². The van der Waals surface area contributed by atoms with E-state index in [1.807, 2.05) is 30.3 Å². The summed E-state index contributed by atoms with van der Waals surface area (Å²) in [6.07, 6.45) is 1.90. The Morgan fingerprint density at radius 1 is 1.04 bits per heavy atom. The number of carbonyl (C=O) groups excluding carboxylic acids is 2. The second-order valence-corrected chi connectivity index (χ2v) is 6.02. The molecule has 1 heterocycles. The summed E-state index contributed by atoms with van der Waals surface area (Å²) in [6.45, 7) is 1.000. The van der Waals surface area contributed by atoms with Crippen molar-refractivity contribution in [1.29, 1.82) is 0 Å². The molecular formula is C18H20N4O3. The maximum atomic E-state index is 12.1. The Morgan fingerprint density at radius 2 is 1.76 bits per heavy atom. The van der Waals surface area contributed by atoms with Crippen molar-refractivity contribution in [2.75, 3.05) is 13.1 Å². The first kappa shape index (κ1) is 16.9. The Labute approximate surface area is 145 Å². The Hall–Kier alpha value is -2.96. The lowest BCUT2D eigenvalue weighted by molar-refractivity contribution is -0.122. The molecule has 0 saturated heterocycles. The highest BCUT2D eigenvalue weighted by atomic mass is 16.2. The third-order valence-corrected chi connectivity index (χ3v) is 3.93. The molecule has 2 amide bonds. The zero-order valence-corrected chi connectivity index (χ0v) is 13.8. The van der Waals surface area contributed by atoms with Crippen LogP contribution in [0.3, 0.4) is 0 Å². The van der Waals surface area contributed by atoms with Gasteiger partial charge in [-0.1, -0.05) is 30.3 Å². The smallest absolute Gasteiger partial charge is 0.271 e. The highest BCUT2D eigenvalue weighted by Gasteiger charge is 2.29. The molecule has 0 radical (unpaired) electrons. The second kappa shape index (κ2) is 7.74. The first-order valence-electron chi connectivity index (χ1n) is 8.31. The number of aromatic nitrogens is 2. The molecule has 0 unspecified atom stereocenters. The zero-order valence-electron chi connectivity index (χ0n) is 13.8. The van der Waals surface area contributed by atoms with Gasteiger partial charge in [-0.3, -0.25) is 14.4 Å². The molecule has 1 aromatic heterocycles. The number of hydrogen-bond acceptors (Lipinski definition) is 4. The molecule has 25 heavy (non-hydrogen) atoms. The Morgan fingerprint density at radius 3 is 2.48 bits per heavy atom. The molecule has 1 aromatic carbocycles. The van der Waals surface area contributed by atoms with Crippen LogP contribution in [-0.2, 0) is 11.3 Å². The average molecular weight is 340 g/mol. The molecule has 2 aromatic rings. The van der Waals surface area contributed by atoms with Gasteiger partial charge < -0.3 is 10.6 Å². The summed E-state index contributed by atoms with van der Waals surface area (Å²) < 4.78 is 1.26. The maximum absolute atomic E-state index is 12.1. The monoisotopic (exact) mass is 340 g/mol. The molecule has 0 aliphatic heterocycles. The standard InChI is InChI=1S/C18H20N4O3/c23-16-9-8-15(21-22(16)12-13-4-2-1-3-5-13)18(25)20-11-10-19-17(24)14-6-7-14/h1-5,8-9,14H,6-7,10-12H2,(H,19,24)(H,20,25). The van der Waals surface area contributed by atoms with Crippen LogP contribution in [0.1, 0.15) is 28.9 Å². The minimum atomic E-state index is -0.373. The van der Waals surface area contributed by atoms with Gasteiger partial charge in [-0.15, -0.1) is 0 Å². The molecule has 0 atom stereocenters. The fourth-order valence-corrected chi connectivity index (χ4v) is 2.38. The summed E-state index contributed by atoms with van der Waals surface area (Å²) in [7, 11) is 0. The SMILES string of the molecule is O=C(NCCNC(=O)C1CC1)c1ccc(=O)n(Cc2ccccc2)n1. The largest absolute Gasteiger partial charge is 0.354 e. The quantitative estimate of drug-likeness (QED) is 0.720. The minimum absolute atomic E-state index is 0.0452. The van der Waals surface area contributed by atoms with Crippen LogP contribution >= 0.6 is 0 Å². The zero-order chi connectivity index (χ0) is 17.6. The van der Waals surface area contributed by atoms with Crippen molar-refractivity contribution in [3.05, 3.63) is 64.1 Å². The summed E-state index contributed by atoms with van der Waals surface area (Å²) in [6, 6.07) is 12.2. The molecule has 2 N–H and O–H groups in total. The molecule has 1 fully saturated rings. The van der Waals surface area contributed by atoms with E-state index in [2.05, 4.69) is 15.7 Å². The summed E-state index contributed by atoms with van der Waals surface area (Å²) in [5.74, 6) is -0.176.